The van der Waals surface area contributed by atoms with E-state index in [9.17, 15) is 4.79 Å². The number of aromatic nitrogens is 3. The molecule has 0 unspecified atom stereocenters. The van der Waals surface area contributed by atoms with Crippen LogP contribution in [0, 0.1) is 0 Å². The highest BCUT2D eigenvalue weighted by Gasteiger charge is 2.16. The second-order valence-corrected chi connectivity index (χ2v) is 8.25. The highest BCUT2D eigenvalue weighted by Crippen LogP contribution is 2.29. The molecule has 0 aliphatic rings. The van der Waals surface area contributed by atoms with Crippen LogP contribution < -0.4 is 15.0 Å². The molecule has 0 saturated heterocycles. The van der Waals surface area contributed by atoms with E-state index in [1.165, 1.54) is 12.5 Å². The number of methoxy groups -OCH3 is 1. The van der Waals surface area contributed by atoms with Gasteiger partial charge in [-0.05, 0) is 54.3 Å². The van der Waals surface area contributed by atoms with E-state index in [2.05, 4.69) is 49.4 Å². The van der Waals surface area contributed by atoms with Gasteiger partial charge >= 0.3 is 0 Å². The molecule has 182 valence electrons. The Kier molecular flexibility index (Phi) is 8.30. The van der Waals surface area contributed by atoms with Crippen molar-refractivity contribution in [3.63, 3.8) is 0 Å². The van der Waals surface area contributed by atoms with Crippen molar-refractivity contribution in [2.45, 2.75) is 26.4 Å². The molecule has 0 spiro atoms. The summed E-state index contributed by atoms with van der Waals surface area (Å²) in [6.45, 7) is 3.80. The summed E-state index contributed by atoms with van der Waals surface area (Å²) in [7, 11) is 1.68. The zero-order valence-corrected chi connectivity index (χ0v) is 20.2. The van der Waals surface area contributed by atoms with Crippen molar-refractivity contribution in [2.24, 2.45) is 0 Å². The van der Waals surface area contributed by atoms with Crippen LogP contribution in [0.25, 0.3) is 11.0 Å². The molecule has 0 fully saturated rings. The van der Waals surface area contributed by atoms with Gasteiger partial charge in [0.2, 0.25) is 5.91 Å². The lowest BCUT2D eigenvalue weighted by molar-refractivity contribution is -0.118. The number of hydrogen-bond acceptors (Lipinski definition) is 6. The van der Waals surface area contributed by atoms with E-state index in [1.54, 1.807) is 13.4 Å². The second-order valence-electron chi connectivity index (χ2n) is 8.25. The molecule has 0 bridgehead atoms. The van der Waals surface area contributed by atoms with Crippen LogP contribution in [0.5, 0.6) is 5.75 Å². The molecular weight excluding hydrogens is 442 g/mol. The number of carbonyl (C=O) groups is 1. The first-order valence-corrected chi connectivity index (χ1v) is 11.7. The van der Waals surface area contributed by atoms with Gasteiger partial charge in [0.25, 0.3) is 0 Å². The molecule has 2 aromatic carbocycles. The van der Waals surface area contributed by atoms with E-state index in [-0.39, 0.29) is 5.91 Å². The smallest absolute Gasteiger partial charge is 0.216 e. The summed E-state index contributed by atoms with van der Waals surface area (Å²) in [5.74, 6) is 1.60. The van der Waals surface area contributed by atoms with Crippen LogP contribution in [0.3, 0.4) is 0 Å². The van der Waals surface area contributed by atoms with Gasteiger partial charge < -0.3 is 24.7 Å². The number of nitrogens with zero attached hydrogens (tertiary/aromatic N) is 3. The number of amides is 1. The number of benzene rings is 2. The molecule has 2 heterocycles. The Balaban J connectivity index is 1.40. The highest BCUT2D eigenvalue weighted by atomic mass is 16.5. The summed E-state index contributed by atoms with van der Waals surface area (Å²) in [6, 6.07) is 18.3. The molecule has 35 heavy (non-hydrogen) atoms. The normalized spacial score (nSPS) is 10.9. The number of nitrogens with one attached hydrogen (secondary N) is 2. The lowest BCUT2D eigenvalue weighted by Crippen LogP contribution is -2.32. The number of ether oxygens (including phenoxy) is 2. The van der Waals surface area contributed by atoms with Crippen LogP contribution in [-0.4, -0.2) is 47.7 Å². The number of H-pyrrole nitrogens is 1. The molecule has 0 radical (unpaired) electrons. The van der Waals surface area contributed by atoms with Crippen LogP contribution >= 0.6 is 0 Å². The fraction of sp³-hybridized carbons (Fsp3) is 0.296. The Morgan fingerprint density at radius 1 is 1.09 bits per heavy atom. The van der Waals surface area contributed by atoms with Gasteiger partial charge in [-0.2, -0.15) is 0 Å². The Bertz CT molecular complexity index is 1240. The number of rotatable bonds is 12. The third-order valence-corrected chi connectivity index (χ3v) is 5.70. The minimum absolute atomic E-state index is 0.0591. The molecule has 2 aromatic heterocycles. The highest BCUT2D eigenvalue weighted by molar-refractivity contribution is 5.89. The molecule has 1 amide bonds. The minimum atomic E-state index is -0.0591. The topological polar surface area (TPSA) is 92.4 Å². The molecular formula is C27H31N5O3. The van der Waals surface area contributed by atoms with E-state index in [4.69, 9.17) is 9.47 Å². The lowest BCUT2D eigenvalue weighted by atomic mass is 10.1. The number of anilines is 2. The maximum atomic E-state index is 11.4. The van der Waals surface area contributed by atoms with Gasteiger partial charge in [0.1, 0.15) is 23.5 Å². The maximum Gasteiger partial charge on any atom is 0.216 e. The van der Waals surface area contributed by atoms with E-state index in [0.717, 1.165) is 46.7 Å². The number of hydrogen-bond donors (Lipinski definition) is 2. The van der Waals surface area contributed by atoms with Crippen molar-refractivity contribution in [2.75, 3.05) is 31.7 Å². The number of aromatic amines is 1. The number of fused-ring (bicyclic) bond motifs is 1. The first kappa shape index (κ1) is 24.2. The fourth-order valence-corrected chi connectivity index (χ4v) is 3.95. The van der Waals surface area contributed by atoms with Gasteiger partial charge in [-0.3, -0.25) is 4.79 Å². The summed E-state index contributed by atoms with van der Waals surface area (Å²) < 4.78 is 11.2. The third kappa shape index (κ3) is 6.58. The van der Waals surface area contributed by atoms with Crippen molar-refractivity contribution < 1.29 is 14.3 Å². The predicted molar refractivity (Wildman–Crippen MR) is 137 cm³/mol. The predicted octanol–water partition coefficient (Wildman–Crippen LogP) is 4.39. The maximum absolute atomic E-state index is 11.4. The Morgan fingerprint density at radius 2 is 1.94 bits per heavy atom. The van der Waals surface area contributed by atoms with Crippen LogP contribution in [0.1, 0.15) is 24.5 Å². The lowest BCUT2D eigenvalue weighted by Gasteiger charge is -2.25. The summed E-state index contributed by atoms with van der Waals surface area (Å²) >= 11 is 0. The second kappa shape index (κ2) is 12.0. The molecule has 0 atom stereocenters. The minimum Gasteiger partial charge on any atom is -0.497 e. The van der Waals surface area contributed by atoms with Gasteiger partial charge in [-0.1, -0.05) is 24.3 Å². The van der Waals surface area contributed by atoms with Gasteiger partial charge in [0.05, 0.1) is 19.1 Å². The molecule has 0 saturated carbocycles. The fourth-order valence-electron chi connectivity index (χ4n) is 3.95. The number of carbonyl (C=O) groups excluding carboxylic acids is 1. The summed E-state index contributed by atoms with van der Waals surface area (Å²) in [5, 5.41) is 3.80. The van der Waals surface area contributed by atoms with Crippen molar-refractivity contribution >= 4 is 28.4 Å². The molecule has 0 aliphatic carbocycles. The summed E-state index contributed by atoms with van der Waals surface area (Å²) in [6.07, 6.45) is 5.31. The largest absolute Gasteiger partial charge is 0.497 e. The Labute approximate surface area is 205 Å². The zero-order chi connectivity index (χ0) is 24.5. The standard InChI is InChI=1S/C27H31N5O3/c1-20(33)28-14-15-32(27-25-12-13-29-26(25)30-19-31-27)23-7-3-5-22(17-23)18-35-16-4-6-21-8-10-24(34-2)11-9-21/h3,5,7-13,17,19H,4,6,14-16,18H2,1-2H3,(H,28,33)(H,29,30,31). The first-order chi connectivity index (χ1) is 17.1. The van der Waals surface area contributed by atoms with Crippen molar-refractivity contribution in [3.8, 4) is 5.75 Å². The van der Waals surface area contributed by atoms with Crippen molar-refractivity contribution in [3.05, 3.63) is 78.2 Å². The van der Waals surface area contributed by atoms with E-state index in [1.807, 2.05) is 36.5 Å². The molecule has 4 rings (SSSR count). The van der Waals surface area contributed by atoms with E-state index >= 15 is 0 Å². The SMILES string of the molecule is COc1ccc(CCCOCc2cccc(N(CCNC(C)=O)c3ncnc4[nH]ccc34)c2)cc1. The Morgan fingerprint density at radius 3 is 2.74 bits per heavy atom. The quantitative estimate of drug-likeness (QED) is 0.297. The van der Waals surface area contributed by atoms with Gasteiger partial charge in [-0.25, -0.2) is 9.97 Å². The molecule has 8 heteroatoms. The van der Waals surface area contributed by atoms with Crippen molar-refractivity contribution in [1.82, 2.24) is 20.3 Å². The van der Waals surface area contributed by atoms with Gasteiger partial charge in [0, 0.05) is 38.5 Å². The monoisotopic (exact) mass is 473 g/mol. The van der Waals surface area contributed by atoms with Crippen molar-refractivity contribution in [1.29, 1.82) is 0 Å². The van der Waals surface area contributed by atoms with E-state index in [0.29, 0.717) is 26.3 Å². The van der Waals surface area contributed by atoms with Gasteiger partial charge in [-0.15, -0.1) is 0 Å². The Hall–Kier alpha value is -3.91. The van der Waals surface area contributed by atoms with Crippen LogP contribution in [0.4, 0.5) is 11.5 Å². The summed E-state index contributed by atoms with van der Waals surface area (Å²) in [4.78, 5) is 25.5. The van der Waals surface area contributed by atoms with Crippen LogP contribution in [-0.2, 0) is 22.6 Å². The molecule has 0 aliphatic heterocycles. The van der Waals surface area contributed by atoms with Gasteiger partial charge in [0.15, 0.2) is 0 Å². The van der Waals surface area contributed by atoms with E-state index < -0.39 is 0 Å². The average Bonchev–Trinajstić information content (AvgIpc) is 3.36. The van der Waals surface area contributed by atoms with Crippen LogP contribution in [0.2, 0.25) is 0 Å². The molecule has 8 nitrogen and oxygen atoms in total. The molecule has 2 N–H and O–H groups in total. The first-order valence-electron chi connectivity index (χ1n) is 11.7. The molecule has 4 aromatic rings. The summed E-state index contributed by atoms with van der Waals surface area (Å²) in [5.41, 5.74) is 4.11. The number of aryl methyl sites for hydroxylation is 1. The third-order valence-electron chi connectivity index (χ3n) is 5.70. The van der Waals surface area contributed by atoms with Crippen LogP contribution in [0.15, 0.2) is 67.1 Å². The average molecular weight is 474 g/mol. The zero-order valence-electron chi connectivity index (χ0n) is 20.2.